The standard InChI is InChI=1S/C19H16N2O4/c1-12(20-21-18(22)13-6-4-3-5-7-13)16-11-14-10-15(24-2)8-9-17(14)25-19(16)23/h3-11H,1-2H3,(H,21,22)/b20-12-. The monoisotopic (exact) mass is 336 g/mol. The fourth-order valence-corrected chi connectivity index (χ4v) is 2.33. The normalized spacial score (nSPS) is 11.4. The third-order valence-corrected chi connectivity index (χ3v) is 3.69. The van der Waals surface area contributed by atoms with Crippen LogP contribution in [0, 0.1) is 0 Å². The highest BCUT2D eigenvalue weighted by molar-refractivity contribution is 6.02. The van der Waals surface area contributed by atoms with Crippen LogP contribution in [-0.4, -0.2) is 18.7 Å². The van der Waals surface area contributed by atoms with Crippen molar-refractivity contribution >= 4 is 22.6 Å². The average molecular weight is 336 g/mol. The molecule has 0 fully saturated rings. The number of carbonyl (C=O) groups is 1. The lowest BCUT2D eigenvalue weighted by molar-refractivity contribution is 0.0955. The number of ether oxygens (including phenoxy) is 1. The number of nitrogens with zero attached hydrogens (tertiary/aromatic N) is 1. The lowest BCUT2D eigenvalue weighted by atomic mass is 10.1. The van der Waals surface area contributed by atoms with Gasteiger partial charge in [-0.1, -0.05) is 18.2 Å². The van der Waals surface area contributed by atoms with Crippen molar-refractivity contribution in [1.82, 2.24) is 5.43 Å². The van der Waals surface area contributed by atoms with Crippen LogP contribution in [0.4, 0.5) is 0 Å². The first kappa shape index (κ1) is 16.4. The van der Waals surface area contributed by atoms with Crippen molar-refractivity contribution in [1.29, 1.82) is 0 Å². The van der Waals surface area contributed by atoms with Gasteiger partial charge < -0.3 is 9.15 Å². The molecule has 0 atom stereocenters. The molecular formula is C19H16N2O4. The zero-order valence-corrected chi connectivity index (χ0v) is 13.8. The Kier molecular flexibility index (Phi) is 4.61. The van der Waals surface area contributed by atoms with Gasteiger partial charge in [-0.15, -0.1) is 0 Å². The summed E-state index contributed by atoms with van der Waals surface area (Å²) in [5.74, 6) is 0.297. The van der Waals surface area contributed by atoms with E-state index in [1.165, 1.54) is 0 Å². The van der Waals surface area contributed by atoms with Crippen molar-refractivity contribution in [3.8, 4) is 5.75 Å². The van der Waals surface area contributed by atoms with Gasteiger partial charge in [-0.2, -0.15) is 5.10 Å². The van der Waals surface area contributed by atoms with E-state index in [9.17, 15) is 9.59 Å². The Morgan fingerprint density at radius 2 is 1.88 bits per heavy atom. The van der Waals surface area contributed by atoms with Gasteiger partial charge in [-0.05, 0) is 43.3 Å². The van der Waals surface area contributed by atoms with Crippen LogP contribution in [0.15, 0.2) is 68.9 Å². The van der Waals surface area contributed by atoms with Crippen LogP contribution in [0.1, 0.15) is 22.8 Å². The highest BCUT2D eigenvalue weighted by Gasteiger charge is 2.10. The predicted octanol–water partition coefficient (Wildman–Crippen LogP) is 2.96. The number of methoxy groups -OCH3 is 1. The number of benzene rings is 2. The van der Waals surface area contributed by atoms with E-state index >= 15 is 0 Å². The number of hydrogen-bond donors (Lipinski definition) is 1. The molecule has 2 aromatic carbocycles. The minimum absolute atomic E-state index is 0.272. The summed E-state index contributed by atoms with van der Waals surface area (Å²) < 4.78 is 10.5. The van der Waals surface area contributed by atoms with Crippen LogP contribution in [0.3, 0.4) is 0 Å². The molecule has 0 radical (unpaired) electrons. The van der Waals surface area contributed by atoms with Gasteiger partial charge in [-0.25, -0.2) is 10.2 Å². The molecule has 1 heterocycles. The second kappa shape index (κ2) is 7.00. The van der Waals surface area contributed by atoms with Crippen LogP contribution >= 0.6 is 0 Å². The molecule has 0 saturated carbocycles. The minimum Gasteiger partial charge on any atom is -0.497 e. The molecule has 0 spiro atoms. The summed E-state index contributed by atoms with van der Waals surface area (Å²) in [6.07, 6.45) is 0. The summed E-state index contributed by atoms with van der Waals surface area (Å²) in [6, 6.07) is 15.5. The van der Waals surface area contributed by atoms with E-state index in [-0.39, 0.29) is 11.5 Å². The summed E-state index contributed by atoms with van der Waals surface area (Å²) in [6.45, 7) is 1.63. The Hall–Kier alpha value is -3.41. The number of rotatable bonds is 4. The van der Waals surface area contributed by atoms with E-state index < -0.39 is 5.63 Å². The topological polar surface area (TPSA) is 80.9 Å². The Morgan fingerprint density at radius 1 is 1.12 bits per heavy atom. The van der Waals surface area contributed by atoms with Gasteiger partial charge in [0.2, 0.25) is 0 Å². The van der Waals surface area contributed by atoms with Gasteiger partial charge in [0.05, 0.1) is 18.4 Å². The summed E-state index contributed by atoms with van der Waals surface area (Å²) in [4.78, 5) is 24.2. The lowest BCUT2D eigenvalue weighted by Crippen LogP contribution is -2.21. The molecule has 0 aliphatic carbocycles. The third-order valence-electron chi connectivity index (χ3n) is 3.69. The first-order chi connectivity index (χ1) is 12.1. The average Bonchev–Trinajstić information content (AvgIpc) is 2.65. The van der Waals surface area contributed by atoms with E-state index in [0.717, 1.165) is 0 Å². The van der Waals surface area contributed by atoms with Crippen LogP contribution in [-0.2, 0) is 0 Å². The molecule has 1 aromatic heterocycles. The van der Waals surface area contributed by atoms with Gasteiger partial charge in [0.15, 0.2) is 0 Å². The van der Waals surface area contributed by atoms with E-state index in [0.29, 0.717) is 28.0 Å². The Bertz CT molecular complexity index is 1010. The molecule has 6 heteroatoms. The molecule has 0 aliphatic rings. The molecule has 0 unspecified atom stereocenters. The smallest absolute Gasteiger partial charge is 0.345 e. The van der Waals surface area contributed by atoms with E-state index in [1.807, 2.05) is 6.07 Å². The first-order valence-electron chi connectivity index (χ1n) is 7.60. The highest BCUT2D eigenvalue weighted by atomic mass is 16.5. The quantitative estimate of drug-likeness (QED) is 0.451. The van der Waals surface area contributed by atoms with Crippen molar-refractivity contribution in [2.24, 2.45) is 5.10 Å². The second-order valence-corrected chi connectivity index (χ2v) is 5.36. The Balaban J connectivity index is 1.90. The van der Waals surface area contributed by atoms with E-state index in [2.05, 4.69) is 10.5 Å². The van der Waals surface area contributed by atoms with Gasteiger partial charge in [0, 0.05) is 10.9 Å². The predicted molar refractivity (Wildman–Crippen MR) is 95.2 cm³/mol. The molecule has 1 N–H and O–H groups in total. The molecule has 0 aliphatic heterocycles. The first-order valence-corrected chi connectivity index (χ1v) is 7.60. The lowest BCUT2D eigenvalue weighted by Gasteiger charge is -2.05. The number of hydrazone groups is 1. The van der Waals surface area contributed by atoms with Crippen molar-refractivity contribution in [2.45, 2.75) is 6.92 Å². The molecule has 0 bridgehead atoms. The maximum Gasteiger partial charge on any atom is 0.345 e. The summed E-state index contributed by atoms with van der Waals surface area (Å²) in [7, 11) is 1.56. The second-order valence-electron chi connectivity index (χ2n) is 5.36. The van der Waals surface area contributed by atoms with Crippen molar-refractivity contribution in [2.75, 3.05) is 7.11 Å². The van der Waals surface area contributed by atoms with Gasteiger partial charge >= 0.3 is 5.63 Å². The molecule has 0 saturated heterocycles. The van der Waals surface area contributed by atoms with Crippen LogP contribution in [0.5, 0.6) is 5.75 Å². The number of amides is 1. The van der Waals surface area contributed by atoms with Crippen molar-refractivity contribution in [3.05, 3.63) is 76.1 Å². The number of fused-ring (bicyclic) bond motifs is 1. The van der Waals surface area contributed by atoms with E-state index in [1.54, 1.807) is 62.6 Å². The molecule has 1 amide bonds. The zero-order chi connectivity index (χ0) is 17.8. The summed E-state index contributed by atoms with van der Waals surface area (Å²) in [5.41, 5.74) is 3.48. The molecule has 25 heavy (non-hydrogen) atoms. The number of carbonyl (C=O) groups excluding carboxylic acids is 1. The van der Waals surface area contributed by atoms with Crippen LogP contribution in [0.25, 0.3) is 11.0 Å². The largest absolute Gasteiger partial charge is 0.497 e. The Morgan fingerprint density at radius 3 is 2.60 bits per heavy atom. The maximum atomic E-state index is 12.2. The molecular weight excluding hydrogens is 320 g/mol. The van der Waals surface area contributed by atoms with Crippen molar-refractivity contribution < 1.29 is 13.9 Å². The molecule has 126 valence electrons. The zero-order valence-electron chi connectivity index (χ0n) is 13.8. The molecule has 3 aromatic rings. The van der Waals surface area contributed by atoms with Gasteiger partial charge in [-0.3, -0.25) is 4.79 Å². The fourth-order valence-electron chi connectivity index (χ4n) is 2.33. The van der Waals surface area contributed by atoms with Crippen LogP contribution in [0.2, 0.25) is 0 Å². The number of hydrogen-bond acceptors (Lipinski definition) is 5. The minimum atomic E-state index is -0.520. The summed E-state index contributed by atoms with van der Waals surface area (Å²) in [5, 5.41) is 4.71. The van der Waals surface area contributed by atoms with Crippen LogP contribution < -0.4 is 15.8 Å². The van der Waals surface area contributed by atoms with E-state index in [4.69, 9.17) is 9.15 Å². The third kappa shape index (κ3) is 3.58. The Labute approximate surface area is 143 Å². The van der Waals surface area contributed by atoms with Crippen molar-refractivity contribution in [3.63, 3.8) is 0 Å². The molecule has 6 nitrogen and oxygen atoms in total. The van der Waals surface area contributed by atoms with Gasteiger partial charge in [0.25, 0.3) is 5.91 Å². The van der Waals surface area contributed by atoms with Gasteiger partial charge in [0.1, 0.15) is 11.3 Å². The SMILES string of the molecule is COc1ccc2oc(=O)c(/C(C)=N\NC(=O)c3ccccc3)cc2c1. The fraction of sp³-hybridized carbons (Fsp3) is 0.105. The summed E-state index contributed by atoms with van der Waals surface area (Å²) >= 11 is 0. The molecule has 3 rings (SSSR count). The maximum absolute atomic E-state index is 12.2. The highest BCUT2D eigenvalue weighted by Crippen LogP contribution is 2.20. The number of nitrogens with one attached hydrogen (secondary N) is 1.